The van der Waals surface area contributed by atoms with Gasteiger partial charge in [0.05, 0.1) is 17.1 Å². The summed E-state index contributed by atoms with van der Waals surface area (Å²) < 4.78 is 22.8. The van der Waals surface area contributed by atoms with Crippen molar-refractivity contribution >= 4 is 29.5 Å². The van der Waals surface area contributed by atoms with Crippen LogP contribution in [0.1, 0.15) is 75.2 Å². The van der Waals surface area contributed by atoms with Gasteiger partial charge in [0.25, 0.3) is 0 Å². The number of hydrogen-bond acceptors (Lipinski definition) is 9. The minimum Gasteiger partial charge on any atom is -0.458 e. The highest BCUT2D eigenvalue weighted by atomic mass is 35.5. The third-order valence-electron chi connectivity index (χ3n) is 7.31. The minimum absolute atomic E-state index is 0.0591. The summed E-state index contributed by atoms with van der Waals surface area (Å²) in [6.07, 6.45) is -1.56. The number of aliphatic hydroxyl groups excluding tert-OH is 1. The van der Waals surface area contributed by atoms with Crippen molar-refractivity contribution in [3.63, 3.8) is 0 Å². The van der Waals surface area contributed by atoms with E-state index in [0.717, 1.165) is 0 Å². The second-order valence-electron chi connectivity index (χ2n) is 10.6. The number of carbonyl (C=O) groups is 3. The molecule has 0 heterocycles. The van der Waals surface area contributed by atoms with Crippen molar-refractivity contribution in [3.8, 4) is 0 Å². The third-order valence-corrected chi connectivity index (χ3v) is 7.93. The van der Waals surface area contributed by atoms with E-state index in [1.807, 2.05) is 0 Å². The van der Waals surface area contributed by atoms with Crippen LogP contribution in [0.5, 0.6) is 0 Å². The van der Waals surface area contributed by atoms with Crippen molar-refractivity contribution < 1.29 is 43.5 Å². The highest BCUT2D eigenvalue weighted by Gasteiger charge is 2.56. The van der Waals surface area contributed by atoms with Crippen LogP contribution in [0.4, 0.5) is 0 Å². The van der Waals surface area contributed by atoms with Crippen LogP contribution in [0.3, 0.4) is 0 Å². The summed E-state index contributed by atoms with van der Waals surface area (Å²) in [6, 6.07) is 0. The van der Waals surface area contributed by atoms with Gasteiger partial charge in [-0.2, -0.15) is 0 Å². The largest absolute Gasteiger partial charge is 0.458 e. The molecule has 7 atom stereocenters. The van der Waals surface area contributed by atoms with Gasteiger partial charge in [0.15, 0.2) is 6.10 Å². The predicted molar refractivity (Wildman–Crippen MR) is 148 cm³/mol. The molecule has 2 N–H and O–H groups in total. The third kappa shape index (κ3) is 8.90. The van der Waals surface area contributed by atoms with E-state index < -0.39 is 64.8 Å². The number of esters is 3. The molecular weight excluding hydrogens is 528 g/mol. The van der Waals surface area contributed by atoms with Gasteiger partial charge in [-0.1, -0.05) is 18.7 Å². The van der Waals surface area contributed by atoms with Crippen LogP contribution in [0.15, 0.2) is 35.5 Å². The Balaban J connectivity index is 3.58. The smallest absolute Gasteiger partial charge is 0.333 e. The molecule has 1 saturated carbocycles. The molecule has 0 radical (unpaired) electrons. The molecule has 222 valence electrons. The van der Waals surface area contributed by atoms with Crippen molar-refractivity contribution in [1.29, 1.82) is 0 Å². The van der Waals surface area contributed by atoms with Gasteiger partial charge in [0.1, 0.15) is 17.8 Å². The van der Waals surface area contributed by atoms with Gasteiger partial charge in [-0.05, 0) is 67.4 Å². The van der Waals surface area contributed by atoms with Crippen LogP contribution in [0.2, 0.25) is 0 Å². The Morgan fingerprint density at radius 1 is 1.10 bits per heavy atom. The van der Waals surface area contributed by atoms with Gasteiger partial charge in [-0.3, -0.25) is 4.79 Å². The quantitative estimate of drug-likeness (QED) is 0.116. The topological polar surface area (TPSA) is 129 Å². The molecule has 1 rings (SSSR count). The molecule has 1 fully saturated rings. The molecule has 0 amide bonds. The first-order chi connectivity index (χ1) is 17.9. The number of hydrogen-bond donors (Lipinski definition) is 2. The van der Waals surface area contributed by atoms with Crippen molar-refractivity contribution in [3.05, 3.63) is 35.5 Å². The summed E-state index contributed by atoms with van der Waals surface area (Å²) in [7, 11) is 0. The zero-order valence-electron chi connectivity index (χ0n) is 24.6. The first-order valence-corrected chi connectivity index (χ1v) is 13.6. The van der Waals surface area contributed by atoms with Crippen LogP contribution in [0, 0.1) is 5.92 Å². The summed E-state index contributed by atoms with van der Waals surface area (Å²) in [5, 5.41) is 21.4. The summed E-state index contributed by atoms with van der Waals surface area (Å²) >= 11 is 6.62. The summed E-state index contributed by atoms with van der Waals surface area (Å²) in [4.78, 5) is 37.7. The monoisotopic (exact) mass is 572 g/mol. The zero-order valence-corrected chi connectivity index (χ0v) is 25.3. The summed E-state index contributed by atoms with van der Waals surface area (Å²) in [6.45, 7) is 18.9. The number of rotatable bonds is 12. The van der Waals surface area contributed by atoms with Crippen molar-refractivity contribution in [2.45, 2.75) is 116 Å². The van der Waals surface area contributed by atoms with Crippen LogP contribution in [-0.4, -0.2) is 75.7 Å². The van der Waals surface area contributed by atoms with Gasteiger partial charge in [0.2, 0.25) is 0 Å². The Morgan fingerprint density at radius 3 is 2.13 bits per heavy atom. The van der Waals surface area contributed by atoms with Gasteiger partial charge in [0, 0.05) is 37.0 Å². The molecule has 0 aromatic heterocycles. The standard InChI is InChI=1S/C29H45ClO9/c1-11-16(4)26(33)38-21(15-23(32)28(8,9)36-13-3)18(6)20-14-22(30)29(10,35)25(24(20)37-19(7)31)39-27(34)17(5)12-2/h11-12,20-25,32,35H,6,13-15H2,1-5,7-10H3/b16-11-,17-12-/t20-,21-,22+,23-,24+,25+,29-/m1/s1. The maximum Gasteiger partial charge on any atom is 0.333 e. The van der Waals surface area contributed by atoms with E-state index in [2.05, 4.69) is 6.58 Å². The Hall–Kier alpha value is -2.20. The van der Waals surface area contributed by atoms with Crippen LogP contribution in [-0.2, 0) is 33.3 Å². The second-order valence-corrected chi connectivity index (χ2v) is 11.2. The lowest BCUT2D eigenvalue weighted by Crippen LogP contribution is -2.63. The predicted octanol–water partition coefficient (Wildman–Crippen LogP) is 4.17. The molecule has 1 aliphatic rings. The lowest BCUT2D eigenvalue weighted by molar-refractivity contribution is -0.202. The molecule has 0 saturated heterocycles. The molecular formula is C29H45ClO9. The molecule has 0 bridgehead atoms. The van der Waals surface area contributed by atoms with E-state index in [0.29, 0.717) is 12.2 Å². The van der Waals surface area contributed by atoms with Crippen molar-refractivity contribution in [2.75, 3.05) is 6.61 Å². The average Bonchev–Trinajstić information content (AvgIpc) is 2.85. The van der Waals surface area contributed by atoms with Gasteiger partial charge in [-0.15, -0.1) is 11.6 Å². The molecule has 39 heavy (non-hydrogen) atoms. The van der Waals surface area contributed by atoms with Gasteiger partial charge >= 0.3 is 17.9 Å². The van der Waals surface area contributed by atoms with E-state index in [-0.39, 0.29) is 24.0 Å². The van der Waals surface area contributed by atoms with Crippen LogP contribution >= 0.6 is 11.6 Å². The maximum atomic E-state index is 12.8. The zero-order chi connectivity index (χ0) is 30.3. The molecule has 1 aliphatic carbocycles. The van der Waals surface area contributed by atoms with Crippen LogP contribution < -0.4 is 0 Å². The summed E-state index contributed by atoms with van der Waals surface area (Å²) in [5.41, 5.74) is -1.83. The van der Waals surface area contributed by atoms with E-state index in [1.165, 1.54) is 13.8 Å². The van der Waals surface area contributed by atoms with E-state index in [4.69, 9.17) is 30.5 Å². The Kier molecular flexibility index (Phi) is 12.9. The number of ether oxygens (including phenoxy) is 4. The van der Waals surface area contributed by atoms with Gasteiger partial charge < -0.3 is 29.2 Å². The Bertz CT molecular complexity index is 966. The number of halogens is 1. The van der Waals surface area contributed by atoms with Gasteiger partial charge in [-0.25, -0.2) is 9.59 Å². The molecule has 0 spiro atoms. The lowest BCUT2D eigenvalue weighted by Gasteiger charge is -2.48. The fourth-order valence-corrected chi connectivity index (χ4v) is 4.65. The fourth-order valence-electron chi connectivity index (χ4n) is 4.34. The van der Waals surface area contributed by atoms with E-state index in [1.54, 1.807) is 60.6 Å². The highest BCUT2D eigenvalue weighted by molar-refractivity contribution is 6.21. The van der Waals surface area contributed by atoms with Crippen LogP contribution in [0.25, 0.3) is 0 Å². The number of alkyl halides is 1. The Morgan fingerprint density at radius 2 is 1.64 bits per heavy atom. The molecule has 0 aliphatic heterocycles. The number of carbonyl (C=O) groups excluding carboxylic acids is 3. The molecule has 0 aromatic rings. The minimum atomic E-state index is -1.77. The normalized spacial score (nSPS) is 27.8. The molecule has 9 nitrogen and oxygen atoms in total. The highest BCUT2D eigenvalue weighted by Crippen LogP contribution is 2.44. The first kappa shape index (κ1) is 34.8. The summed E-state index contributed by atoms with van der Waals surface area (Å²) in [5.74, 6) is -2.81. The first-order valence-electron chi connectivity index (χ1n) is 13.2. The van der Waals surface area contributed by atoms with E-state index in [9.17, 15) is 24.6 Å². The maximum absolute atomic E-state index is 12.8. The second kappa shape index (κ2) is 14.4. The fraction of sp³-hybridized carbons (Fsp3) is 0.690. The van der Waals surface area contributed by atoms with Crippen molar-refractivity contribution in [1.82, 2.24) is 0 Å². The lowest BCUT2D eigenvalue weighted by atomic mass is 9.70. The number of aliphatic hydroxyl groups is 2. The number of allylic oxidation sites excluding steroid dienone is 2. The molecule has 0 unspecified atom stereocenters. The average molecular weight is 573 g/mol. The Labute approximate surface area is 237 Å². The van der Waals surface area contributed by atoms with E-state index >= 15 is 0 Å². The molecule has 0 aromatic carbocycles. The SMILES string of the molecule is C=C([C@H]1C[C@H](Cl)[C@@](C)(O)[C@@H](OC(=O)/C(C)=C\C)[C@H]1OC(C)=O)[C@@H](C[C@@H](O)C(C)(C)OCC)OC(=O)/C(C)=C\C. The van der Waals surface area contributed by atoms with Crippen molar-refractivity contribution in [2.24, 2.45) is 5.92 Å². The molecule has 10 heteroatoms.